The van der Waals surface area contributed by atoms with E-state index >= 15 is 0 Å². The number of halogens is 2. The van der Waals surface area contributed by atoms with Crippen molar-refractivity contribution in [2.75, 3.05) is 11.9 Å². The van der Waals surface area contributed by atoms with Crippen LogP contribution in [-0.4, -0.2) is 23.3 Å². The first-order chi connectivity index (χ1) is 10.1. The van der Waals surface area contributed by atoms with Gasteiger partial charge < -0.3 is 14.5 Å². The predicted molar refractivity (Wildman–Crippen MR) is 74.0 cm³/mol. The molecule has 1 N–H and O–H groups in total. The summed E-state index contributed by atoms with van der Waals surface area (Å²) >= 11 is 0.409. The molecule has 0 aliphatic heterocycles. The van der Waals surface area contributed by atoms with Crippen LogP contribution in [0.4, 0.5) is 20.5 Å². The number of aromatic nitrogens is 1. The molecule has 2 aromatic rings. The van der Waals surface area contributed by atoms with Crippen molar-refractivity contribution in [2.45, 2.75) is 17.6 Å². The highest BCUT2D eigenvalue weighted by atomic mass is 32.2. The average molecular weight is 314 g/mol. The Labute approximate surface area is 123 Å². The fourth-order valence-electron chi connectivity index (χ4n) is 1.51. The summed E-state index contributed by atoms with van der Waals surface area (Å²) in [5.41, 5.74) is 0.429. The number of ether oxygens (including phenoxy) is 1. The number of carbonyl (C=O) groups excluding carboxylic acids is 1. The van der Waals surface area contributed by atoms with Gasteiger partial charge in [0.15, 0.2) is 5.69 Å². The van der Waals surface area contributed by atoms with Gasteiger partial charge in [0.1, 0.15) is 6.26 Å². The summed E-state index contributed by atoms with van der Waals surface area (Å²) < 4.78 is 34.8. The monoisotopic (exact) mass is 314 g/mol. The standard InChI is InChI=1S/C13H12F2N2O3S/c1-2-19-11(18)9-7-20-13(17-9)16-8-5-3-4-6-10(8)21-12(14)15/h3-7,12H,2H2,1H3,(H,16,17). The zero-order valence-corrected chi connectivity index (χ0v) is 11.8. The number of anilines is 2. The molecule has 8 heteroatoms. The van der Waals surface area contributed by atoms with Crippen molar-refractivity contribution < 1.29 is 22.7 Å². The zero-order valence-electron chi connectivity index (χ0n) is 11.0. The number of esters is 1. The van der Waals surface area contributed by atoms with Gasteiger partial charge in [-0.15, -0.1) is 0 Å². The molecule has 1 heterocycles. The molecule has 5 nitrogen and oxygen atoms in total. The van der Waals surface area contributed by atoms with Crippen LogP contribution < -0.4 is 5.32 Å². The molecule has 0 aliphatic carbocycles. The van der Waals surface area contributed by atoms with E-state index in [1.54, 1.807) is 31.2 Å². The van der Waals surface area contributed by atoms with Crippen LogP contribution in [0.15, 0.2) is 39.8 Å². The normalized spacial score (nSPS) is 10.7. The molecule has 0 unspecified atom stereocenters. The third-order valence-electron chi connectivity index (χ3n) is 2.33. The Morgan fingerprint density at radius 3 is 2.95 bits per heavy atom. The summed E-state index contributed by atoms with van der Waals surface area (Å²) in [6.07, 6.45) is 1.14. The number of hydrogen-bond donors (Lipinski definition) is 1. The Morgan fingerprint density at radius 2 is 2.24 bits per heavy atom. The number of para-hydroxylation sites is 1. The first-order valence-corrected chi connectivity index (χ1v) is 6.91. The van der Waals surface area contributed by atoms with Gasteiger partial charge in [0, 0.05) is 4.90 Å². The number of oxazole rings is 1. The van der Waals surface area contributed by atoms with Gasteiger partial charge in [-0.25, -0.2) is 4.79 Å². The van der Waals surface area contributed by atoms with Gasteiger partial charge in [0.25, 0.3) is 11.8 Å². The van der Waals surface area contributed by atoms with Gasteiger partial charge in [-0.2, -0.15) is 13.8 Å². The number of hydrogen-bond acceptors (Lipinski definition) is 6. The van der Waals surface area contributed by atoms with E-state index in [0.717, 1.165) is 6.26 Å². The van der Waals surface area contributed by atoms with E-state index in [-0.39, 0.29) is 18.3 Å². The summed E-state index contributed by atoms with van der Waals surface area (Å²) in [6.45, 7) is 1.90. The smallest absolute Gasteiger partial charge is 0.360 e. The van der Waals surface area contributed by atoms with E-state index in [1.807, 2.05) is 0 Å². The summed E-state index contributed by atoms with van der Waals surface area (Å²) in [5, 5.41) is 2.76. The van der Waals surface area contributed by atoms with Gasteiger partial charge in [-0.05, 0) is 19.1 Å². The second-order valence-electron chi connectivity index (χ2n) is 3.76. The largest absolute Gasteiger partial charge is 0.461 e. The van der Waals surface area contributed by atoms with Crippen LogP contribution in [0.25, 0.3) is 0 Å². The van der Waals surface area contributed by atoms with Crippen molar-refractivity contribution in [1.82, 2.24) is 4.98 Å². The Balaban J connectivity index is 2.13. The SMILES string of the molecule is CCOC(=O)c1coc(Nc2ccccc2SC(F)F)n1. The second-order valence-corrected chi connectivity index (χ2v) is 4.79. The molecule has 2 rings (SSSR count). The topological polar surface area (TPSA) is 64.4 Å². The van der Waals surface area contributed by atoms with Crippen LogP contribution in [0, 0.1) is 0 Å². The van der Waals surface area contributed by atoms with Crippen molar-refractivity contribution in [3.63, 3.8) is 0 Å². The van der Waals surface area contributed by atoms with Gasteiger partial charge in [0.05, 0.1) is 12.3 Å². The molecule has 0 radical (unpaired) electrons. The minimum Gasteiger partial charge on any atom is -0.461 e. The molecule has 0 fully saturated rings. The molecule has 0 saturated heterocycles. The molecule has 0 aliphatic rings. The summed E-state index contributed by atoms with van der Waals surface area (Å²) in [4.78, 5) is 15.7. The molecule has 0 spiro atoms. The third kappa shape index (κ3) is 4.19. The van der Waals surface area contributed by atoms with E-state index < -0.39 is 11.7 Å². The zero-order chi connectivity index (χ0) is 15.2. The van der Waals surface area contributed by atoms with Crippen molar-refractivity contribution in [2.24, 2.45) is 0 Å². The number of thioether (sulfide) groups is 1. The molecule has 1 aromatic carbocycles. The van der Waals surface area contributed by atoms with E-state index in [4.69, 9.17) is 9.15 Å². The summed E-state index contributed by atoms with van der Waals surface area (Å²) in [6, 6.07) is 6.52. The van der Waals surface area contributed by atoms with Gasteiger partial charge in [-0.1, -0.05) is 23.9 Å². The highest BCUT2D eigenvalue weighted by molar-refractivity contribution is 7.99. The maximum absolute atomic E-state index is 12.5. The van der Waals surface area contributed by atoms with Crippen LogP contribution in [-0.2, 0) is 4.74 Å². The van der Waals surface area contributed by atoms with E-state index in [0.29, 0.717) is 22.3 Å². The quantitative estimate of drug-likeness (QED) is 0.644. The van der Waals surface area contributed by atoms with E-state index in [2.05, 4.69) is 10.3 Å². The van der Waals surface area contributed by atoms with E-state index in [9.17, 15) is 13.6 Å². The number of carbonyl (C=O) groups is 1. The number of nitrogens with zero attached hydrogens (tertiary/aromatic N) is 1. The minimum atomic E-state index is -2.53. The van der Waals surface area contributed by atoms with Crippen LogP contribution in [0.5, 0.6) is 0 Å². The van der Waals surface area contributed by atoms with Crippen molar-refractivity contribution in [3.05, 3.63) is 36.2 Å². The van der Waals surface area contributed by atoms with Crippen molar-refractivity contribution >= 4 is 29.4 Å². The van der Waals surface area contributed by atoms with Crippen LogP contribution in [0.1, 0.15) is 17.4 Å². The highest BCUT2D eigenvalue weighted by Crippen LogP contribution is 2.33. The highest BCUT2D eigenvalue weighted by Gasteiger charge is 2.15. The minimum absolute atomic E-state index is 0.0124. The Kier molecular flexibility index (Phi) is 5.15. The summed E-state index contributed by atoms with van der Waals surface area (Å²) in [7, 11) is 0. The first-order valence-electron chi connectivity index (χ1n) is 6.03. The molecular formula is C13H12F2N2O3S. The van der Waals surface area contributed by atoms with Crippen LogP contribution >= 0.6 is 11.8 Å². The van der Waals surface area contributed by atoms with Crippen LogP contribution in [0.3, 0.4) is 0 Å². The van der Waals surface area contributed by atoms with Crippen molar-refractivity contribution in [3.8, 4) is 0 Å². The number of alkyl halides is 2. The lowest BCUT2D eigenvalue weighted by molar-refractivity contribution is 0.0519. The molecule has 0 atom stereocenters. The molecule has 21 heavy (non-hydrogen) atoms. The fourth-order valence-corrected chi connectivity index (χ4v) is 2.11. The van der Waals surface area contributed by atoms with Crippen molar-refractivity contribution in [1.29, 1.82) is 0 Å². The molecular weight excluding hydrogens is 302 g/mol. The summed E-state index contributed by atoms with van der Waals surface area (Å²) in [5.74, 6) is -3.14. The van der Waals surface area contributed by atoms with Crippen LogP contribution in [0.2, 0.25) is 0 Å². The lowest BCUT2D eigenvalue weighted by atomic mass is 10.3. The molecule has 0 saturated carbocycles. The Bertz CT molecular complexity index is 619. The second kappa shape index (κ2) is 7.07. The van der Waals surface area contributed by atoms with Gasteiger partial charge >= 0.3 is 5.97 Å². The Morgan fingerprint density at radius 1 is 1.48 bits per heavy atom. The first kappa shape index (κ1) is 15.3. The Hall–Kier alpha value is -2.09. The third-order valence-corrected chi connectivity index (χ3v) is 3.12. The molecule has 112 valence electrons. The van der Waals surface area contributed by atoms with E-state index in [1.165, 1.54) is 0 Å². The van der Waals surface area contributed by atoms with Gasteiger partial charge in [0.2, 0.25) is 0 Å². The predicted octanol–water partition coefficient (Wildman–Crippen LogP) is 3.91. The number of nitrogens with one attached hydrogen (secondary N) is 1. The lowest BCUT2D eigenvalue weighted by Gasteiger charge is -2.08. The maximum atomic E-state index is 12.5. The number of benzene rings is 1. The number of rotatable bonds is 6. The molecule has 0 amide bonds. The van der Waals surface area contributed by atoms with Gasteiger partial charge in [-0.3, -0.25) is 0 Å². The average Bonchev–Trinajstić information content (AvgIpc) is 2.89. The lowest BCUT2D eigenvalue weighted by Crippen LogP contribution is -2.05. The molecule has 1 aromatic heterocycles. The fraction of sp³-hybridized carbons (Fsp3) is 0.231. The maximum Gasteiger partial charge on any atom is 0.360 e. The molecule has 0 bridgehead atoms.